The average molecular weight is 479 g/mol. The number of aliphatic imine (C=N–C) groups is 1. The first kappa shape index (κ1) is 22.1. The Kier molecular flexibility index (Phi) is 9.70. The summed E-state index contributed by atoms with van der Waals surface area (Å²) in [4.78, 5) is 23.9. The molecule has 1 aliphatic heterocycles. The first-order valence-electron chi connectivity index (χ1n) is 8.77. The van der Waals surface area contributed by atoms with Crippen molar-refractivity contribution in [2.75, 3.05) is 26.7 Å². The van der Waals surface area contributed by atoms with Gasteiger partial charge < -0.3 is 15.5 Å². The molecule has 1 atom stereocenters. The van der Waals surface area contributed by atoms with Gasteiger partial charge in [-0.25, -0.2) is 4.98 Å². The van der Waals surface area contributed by atoms with Crippen LogP contribution in [0.5, 0.6) is 0 Å². The maximum absolute atomic E-state index is 11.7. The summed E-state index contributed by atoms with van der Waals surface area (Å²) >= 11 is 1.78. The van der Waals surface area contributed by atoms with Gasteiger partial charge in [-0.3, -0.25) is 9.79 Å². The fourth-order valence-corrected chi connectivity index (χ4v) is 3.95. The number of aromatic nitrogens is 1. The van der Waals surface area contributed by atoms with E-state index in [4.69, 9.17) is 0 Å². The normalized spacial score (nSPS) is 17.4. The van der Waals surface area contributed by atoms with Crippen molar-refractivity contribution in [1.29, 1.82) is 0 Å². The number of thiazole rings is 1. The second-order valence-corrected chi connectivity index (χ2v) is 7.32. The molecule has 0 aromatic carbocycles. The molecule has 1 saturated heterocycles. The standard InChI is InChI=1S/C17H29N5OS.HI/c1-5-14-12(3)24-15(21-14)7-9-19-17(18-4)20-13-8-10-22(11-13)16(23)6-2;/h13H,5-11H2,1-4H3,(H2,18,19,20);1H. The molecule has 1 aromatic rings. The Morgan fingerprint density at radius 2 is 2.20 bits per heavy atom. The molecule has 2 rings (SSSR count). The van der Waals surface area contributed by atoms with Crippen molar-refractivity contribution in [3.05, 3.63) is 15.6 Å². The number of guanidine groups is 1. The van der Waals surface area contributed by atoms with Crippen LogP contribution in [0.2, 0.25) is 0 Å². The van der Waals surface area contributed by atoms with Gasteiger partial charge in [0.15, 0.2) is 5.96 Å². The lowest BCUT2D eigenvalue weighted by atomic mass is 10.3. The SMILES string of the molecule is CCC(=O)N1CCC(NC(=NC)NCCc2nc(CC)c(C)s2)C1.I. The van der Waals surface area contributed by atoms with Crippen LogP contribution in [-0.4, -0.2) is 54.5 Å². The van der Waals surface area contributed by atoms with Crippen molar-refractivity contribution >= 4 is 47.2 Å². The summed E-state index contributed by atoms with van der Waals surface area (Å²) in [5, 5.41) is 7.94. The molecule has 2 N–H and O–H groups in total. The van der Waals surface area contributed by atoms with Gasteiger partial charge in [-0.05, 0) is 19.8 Å². The lowest BCUT2D eigenvalue weighted by molar-refractivity contribution is -0.129. The van der Waals surface area contributed by atoms with Crippen LogP contribution in [0.25, 0.3) is 0 Å². The highest BCUT2D eigenvalue weighted by atomic mass is 127. The molecule has 0 spiro atoms. The molecule has 1 fully saturated rings. The minimum absolute atomic E-state index is 0. The van der Waals surface area contributed by atoms with Crippen molar-refractivity contribution < 1.29 is 4.79 Å². The number of nitrogens with zero attached hydrogens (tertiary/aromatic N) is 3. The van der Waals surface area contributed by atoms with Gasteiger partial charge in [0, 0.05) is 50.4 Å². The highest BCUT2D eigenvalue weighted by Gasteiger charge is 2.25. The molecule has 1 aliphatic rings. The van der Waals surface area contributed by atoms with E-state index in [1.165, 1.54) is 15.6 Å². The zero-order chi connectivity index (χ0) is 17.5. The van der Waals surface area contributed by atoms with Crippen LogP contribution in [0.1, 0.15) is 42.3 Å². The summed E-state index contributed by atoms with van der Waals surface area (Å²) in [5.41, 5.74) is 1.21. The van der Waals surface area contributed by atoms with Crippen LogP contribution >= 0.6 is 35.3 Å². The number of hydrogen-bond donors (Lipinski definition) is 2. The Morgan fingerprint density at radius 1 is 1.44 bits per heavy atom. The molecule has 0 aliphatic carbocycles. The molecular formula is C17H30IN5OS. The third kappa shape index (κ3) is 6.40. The van der Waals surface area contributed by atoms with E-state index in [9.17, 15) is 4.79 Å². The number of carbonyl (C=O) groups is 1. The van der Waals surface area contributed by atoms with Crippen molar-refractivity contribution in [3.8, 4) is 0 Å². The maximum atomic E-state index is 11.7. The number of halogens is 1. The molecule has 25 heavy (non-hydrogen) atoms. The number of hydrogen-bond acceptors (Lipinski definition) is 4. The van der Waals surface area contributed by atoms with Gasteiger partial charge in [0.25, 0.3) is 0 Å². The molecule has 0 saturated carbocycles. The van der Waals surface area contributed by atoms with Crippen molar-refractivity contribution in [2.45, 2.75) is 52.5 Å². The summed E-state index contributed by atoms with van der Waals surface area (Å²) in [6.07, 6.45) is 3.44. The summed E-state index contributed by atoms with van der Waals surface area (Å²) in [7, 11) is 1.78. The zero-order valence-electron chi connectivity index (χ0n) is 15.6. The fourth-order valence-electron chi connectivity index (χ4n) is 2.93. The molecule has 0 radical (unpaired) electrons. The third-order valence-electron chi connectivity index (χ3n) is 4.31. The monoisotopic (exact) mass is 479 g/mol. The van der Waals surface area contributed by atoms with Gasteiger partial charge in [0.2, 0.25) is 5.91 Å². The molecular weight excluding hydrogens is 449 g/mol. The van der Waals surface area contributed by atoms with E-state index in [-0.39, 0.29) is 35.9 Å². The average Bonchev–Trinajstić information content (AvgIpc) is 3.19. The molecule has 0 bridgehead atoms. The van der Waals surface area contributed by atoms with E-state index in [0.717, 1.165) is 44.9 Å². The Morgan fingerprint density at radius 3 is 2.80 bits per heavy atom. The van der Waals surface area contributed by atoms with Crippen LogP contribution in [0, 0.1) is 6.92 Å². The first-order chi connectivity index (χ1) is 11.6. The van der Waals surface area contributed by atoms with Gasteiger partial charge in [0.1, 0.15) is 0 Å². The highest BCUT2D eigenvalue weighted by Crippen LogP contribution is 2.18. The minimum Gasteiger partial charge on any atom is -0.356 e. The molecule has 1 amide bonds. The molecule has 2 heterocycles. The predicted molar refractivity (Wildman–Crippen MR) is 115 cm³/mol. The van der Waals surface area contributed by atoms with Crippen molar-refractivity contribution in [1.82, 2.24) is 20.5 Å². The largest absolute Gasteiger partial charge is 0.356 e. The molecule has 1 unspecified atom stereocenters. The van der Waals surface area contributed by atoms with Gasteiger partial charge in [-0.1, -0.05) is 13.8 Å². The van der Waals surface area contributed by atoms with Crippen LogP contribution in [0.4, 0.5) is 0 Å². The second kappa shape index (κ2) is 10.9. The van der Waals surface area contributed by atoms with Gasteiger partial charge in [-0.2, -0.15) is 0 Å². The second-order valence-electron chi connectivity index (χ2n) is 6.04. The molecule has 6 nitrogen and oxygen atoms in total. The smallest absolute Gasteiger partial charge is 0.222 e. The first-order valence-corrected chi connectivity index (χ1v) is 9.59. The fraction of sp³-hybridized carbons (Fsp3) is 0.706. The maximum Gasteiger partial charge on any atom is 0.222 e. The van der Waals surface area contributed by atoms with Crippen LogP contribution in [0.3, 0.4) is 0 Å². The van der Waals surface area contributed by atoms with E-state index in [1.807, 2.05) is 11.8 Å². The number of aryl methyl sites for hydroxylation is 2. The summed E-state index contributed by atoms with van der Waals surface area (Å²) < 4.78 is 0. The molecule has 142 valence electrons. The quantitative estimate of drug-likeness (QED) is 0.374. The van der Waals surface area contributed by atoms with Crippen LogP contribution in [-0.2, 0) is 17.6 Å². The summed E-state index contributed by atoms with van der Waals surface area (Å²) in [5.74, 6) is 1.03. The van der Waals surface area contributed by atoms with Crippen LogP contribution < -0.4 is 10.6 Å². The van der Waals surface area contributed by atoms with Gasteiger partial charge >= 0.3 is 0 Å². The third-order valence-corrected chi connectivity index (χ3v) is 5.38. The van der Waals surface area contributed by atoms with Crippen molar-refractivity contribution in [2.24, 2.45) is 4.99 Å². The Hall–Kier alpha value is -0.900. The number of amides is 1. The molecule has 8 heteroatoms. The Labute approximate surface area is 171 Å². The van der Waals surface area contributed by atoms with E-state index < -0.39 is 0 Å². The Bertz CT molecular complexity index is 590. The zero-order valence-corrected chi connectivity index (χ0v) is 18.7. The van der Waals surface area contributed by atoms with Crippen LogP contribution in [0.15, 0.2) is 4.99 Å². The molecule has 1 aromatic heterocycles. The predicted octanol–water partition coefficient (Wildman–Crippen LogP) is 2.35. The summed E-state index contributed by atoms with van der Waals surface area (Å²) in [6, 6.07) is 0.278. The lowest BCUT2D eigenvalue weighted by Gasteiger charge is -2.18. The van der Waals surface area contributed by atoms with Gasteiger partial charge in [0.05, 0.1) is 10.7 Å². The Balaban J connectivity index is 0.00000312. The highest BCUT2D eigenvalue weighted by molar-refractivity contribution is 14.0. The van der Waals surface area contributed by atoms with E-state index in [0.29, 0.717) is 6.42 Å². The minimum atomic E-state index is 0. The number of nitrogens with one attached hydrogen (secondary N) is 2. The van der Waals surface area contributed by atoms with Gasteiger partial charge in [-0.15, -0.1) is 35.3 Å². The van der Waals surface area contributed by atoms with E-state index >= 15 is 0 Å². The number of likely N-dealkylation sites (tertiary alicyclic amines) is 1. The summed E-state index contributed by atoms with van der Waals surface area (Å²) in [6.45, 7) is 8.59. The van der Waals surface area contributed by atoms with E-state index in [2.05, 4.69) is 34.5 Å². The lowest BCUT2D eigenvalue weighted by Crippen LogP contribution is -2.45. The van der Waals surface area contributed by atoms with E-state index in [1.54, 1.807) is 18.4 Å². The van der Waals surface area contributed by atoms with Crippen molar-refractivity contribution in [3.63, 3.8) is 0 Å². The number of rotatable bonds is 6. The topological polar surface area (TPSA) is 69.6 Å². The number of carbonyl (C=O) groups excluding carboxylic acids is 1.